The fourth-order valence-electron chi connectivity index (χ4n) is 1.10. The molecular formula is C9H14N2O. The molecule has 0 saturated carbocycles. The topological polar surface area (TPSA) is 59.1 Å². The molecule has 0 aliphatic heterocycles. The Kier molecular flexibility index (Phi) is 2.78. The summed E-state index contributed by atoms with van der Waals surface area (Å²) in [6, 6.07) is 3.86. The summed E-state index contributed by atoms with van der Waals surface area (Å²) in [6.07, 6.45) is -0.634. The third kappa shape index (κ3) is 1.81. The summed E-state index contributed by atoms with van der Waals surface area (Å²) in [5.41, 5.74) is 7.92. The number of aromatic nitrogens is 1. The van der Waals surface area contributed by atoms with Gasteiger partial charge in [0.2, 0.25) is 0 Å². The normalized spacial score (nSPS) is 13.0. The van der Waals surface area contributed by atoms with E-state index < -0.39 is 6.10 Å². The molecular weight excluding hydrogens is 152 g/mol. The highest BCUT2D eigenvalue weighted by molar-refractivity contribution is 5.23. The van der Waals surface area contributed by atoms with Crippen molar-refractivity contribution in [3.8, 4) is 0 Å². The summed E-state index contributed by atoms with van der Waals surface area (Å²) in [5.74, 6) is 0. The van der Waals surface area contributed by atoms with E-state index in [1.807, 2.05) is 26.0 Å². The van der Waals surface area contributed by atoms with Crippen LogP contribution in [0.5, 0.6) is 0 Å². The number of rotatable bonds is 2. The molecule has 1 heterocycles. The van der Waals surface area contributed by atoms with E-state index in [2.05, 4.69) is 4.98 Å². The van der Waals surface area contributed by atoms with Crippen LogP contribution in [0.3, 0.4) is 0 Å². The van der Waals surface area contributed by atoms with Crippen molar-refractivity contribution in [2.45, 2.75) is 20.0 Å². The third-order valence-corrected chi connectivity index (χ3v) is 1.81. The SMILES string of the molecule is Cc1ccc(C)c(C(O)CN)n1. The summed E-state index contributed by atoms with van der Waals surface area (Å²) in [5, 5.41) is 9.45. The molecule has 0 aliphatic carbocycles. The van der Waals surface area contributed by atoms with Crippen molar-refractivity contribution in [2.75, 3.05) is 6.54 Å². The molecule has 0 spiro atoms. The molecule has 1 rings (SSSR count). The van der Waals surface area contributed by atoms with Crippen molar-refractivity contribution in [3.05, 3.63) is 29.1 Å². The lowest BCUT2D eigenvalue weighted by Gasteiger charge is -2.10. The van der Waals surface area contributed by atoms with E-state index in [1.165, 1.54) is 0 Å². The van der Waals surface area contributed by atoms with E-state index in [1.54, 1.807) is 0 Å². The Morgan fingerprint density at radius 3 is 2.75 bits per heavy atom. The average molecular weight is 166 g/mol. The molecule has 0 saturated heterocycles. The molecule has 0 aliphatic rings. The zero-order chi connectivity index (χ0) is 9.14. The molecule has 1 unspecified atom stereocenters. The second-order valence-electron chi connectivity index (χ2n) is 2.91. The zero-order valence-corrected chi connectivity index (χ0v) is 7.41. The van der Waals surface area contributed by atoms with Gasteiger partial charge in [-0.25, -0.2) is 0 Å². The lowest BCUT2D eigenvalue weighted by molar-refractivity contribution is 0.181. The number of aliphatic hydroxyl groups excluding tert-OH is 1. The highest BCUT2D eigenvalue weighted by Gasteiger charge is 2.09. The minimum Gasteiger partial charge on any atom is -0.385 e. The Labute approximate surface area is 72.2 Å². The maximum absolute atomic E-state index is 9.45. The molecule has 3 nitrogen and oxygen atoms in total. The molecule has 0 aromatic carbocycles. The van der Waals surface area contributed by atoms with Crippen molar-refractivity contribution in [1.82, 2.24) is 4.98 Å². The number of pyridine rings is 1. The van der Waals surface area contributed by atoms with Crippen LogP contribution in [0.15, 0.2) is 12.1 Å². The molecule has 0 fully saturated rings. The Balaban J connectivity index is 3.04. The van der Waals surface area contributed by atoms with Gasteiger partial charge in [0.15, 0.2) is 0 Å². The van der Waals surface area contributed by atoms with Crippen molar-refractivity contribution >= 4 is 0 Å². The lowest BCUT2D eigenvalue weighted by atomic mass is 10.1. The van der Waals surface area contributed by atoms with Crippen LogP contribution < -0.4 is 5.73 Å². The van der Waals surface area contributed by atoms with Gasteiger partial charge in [-0.3, -0.25) is 4.98 Å². The van der Waals surface area contributed by atoms with Crippen LogP contribution >= 0.6 is 0 Å². The van der Waals surface area contributed by atoms with E-state index >= 15 is 0 Å². The van der Waals surface area contributed by atoms with Crippen LogP contribution in [0.1, 0.15) is 23.1 Å². The predicted molar refractivity (Wildman–Crippen MR) is 47.7 cm³/mol. The van der Waals surface area contributed by atoms with Crippen LogP contribution in [0.2, 0.25) is 0 Å². The van der Waals surface area contributed by atoms with Gasteiger partial charge >= 0.3 is 0 Å². The first-order valence-corrected chi connectivity index (χ1v) is 3.97. The number of hydrogen-bond donors (Lipinski definition) is 2. The van der Waals surface area contributed by atoms with Crippen LogP contribution in [0.25, 0.3) is 0 Å². The van der Waals surface area contributed by atoms with Crippen LogP contribution in [0, 0.1) is 13.8 Å². The third-order valence-electron chi connectivity index (χ3n) is 1.81. The van der Waals surface area contributed by atoms with E-state index in [4.69, 9.17) is 5.73 Å². The van der Waals surface area contributed by atoms with Gasteiger partial charge in [0, 0.05) is 12.2 Å². The summed E-state index contributed by atoms with van der Waals surface area (Å²) in [6.45, 7) is 4.03. The van der Waals surface area contributed by atoms with Gasteiger partial charge in [-0.15, -0.1) is 0 Å². The van der Waals surface area contributed by atoms with Gasteiger partial charge in [0.05, 0.1) is 5.69 Å². The summed E-state index contributed by atoms with van der Waals surface area (Å²) >= 11 is 0. The van der Waals surface area contributed by atoms with Crippen LogP contribution in [-0.4, -0.2) is 16.6 Å². The predicted octanol–water partition coefficient (Wildman–Crippen LogP) is 0.691. The number of aliphatic hydroxyl groups is 1. The number of nitrogens with two attached hydrogens (primary N) is 1. The summed E-state index contributed by atoms with van der Waals surface area (Å²) in [4.78, 5) is 4.21. The van der Waals surface area contributed by atoms with Gasteiger partial charge in [0.25, 0.3) is 0 Å². The van der Waals surface area contributed by atoms with Gasteiger partial charge < -0.3 is 10.8 Å². The highest BCUT2D eigenvalue weighted by atomic mass is 16.3. The minimum absolute atomic E-state index is 0.220. The Hall–Kier alpha value is -0.930. The Morgan fingerprint density at radius 2 is 2.17 bits per heavy atom. The smallest absolute Gasteiger partial charge is 0.108 e. The Bertz CT molecular complexity index is 273. The Morgan fingerprint density at radius 1 is 1.50 bits per heavy atom. The second kappa shape index (κ2) is 3.65. The molecule has 66 valence electrons. The molecule has 0 bridgehead atoms. The van der Waals surface area contributed by atoms with Crippen molar-refractivity contribution in [3.63, 3.8) is 0 Å². The van der Waals surface area contributed by atoms with Gasteiger partial charge in [-0.05, 0) is 25.5 Å². The monoisotopic (exact) mass is 166 g/mol. The van der Waals surface area contributed by atoms with E-state index in [0.29, 0.717) is 5.69 Å². The molecule has 3 N–H and O–H groups in total. The minimum atomic E-state index is -0.634. The van der Waals surface area contributed by atoms with Gasteiger partial charge in [-0.1, -0.05) is 6.07 Å². The molecule has 0 radical (unpaired) electrons. The maximum atomic E-state index is 9.45. The zero-order valence-electron chi connectivity index (χ0n) is 7.41. The van der Waals surface area contributed by atoms with E-state index in [9.17, 15) is 5.11 Å². The van der Waals surface area contributed by atoms with Crippen LogP contribution in [-0.2, 0) is 0 Å². The number of hydrogen-bond acceptors (Lipinski definition) is 3. The summed E-state index contributed by atoms with van der Waals surface area (Å²) < 4.78 is 0. The van der Waals surface area contributed by atoms with Crippen LogP contribution in [0.4, 0.5) is 0 Å². The van der Waals surface area contributed by atoms with Gasteiger partial charge in [-0.2, -0.15) is 0 Å². The second-order valence-corrected chi connectivity index (χ2v) is 2.91. The molecule has 1 aromatic rings. The standard InChI is InChI=1S/C9H14N2O/c1-6-3-4-7(2)11-9(6)8(12)5-10/h3-4,8,12H,5,10H2,1-2H3. The van der Waals surface area contributed by atoms with Gasteiger partial charge in [0.1, 0.15) is 6.10 Å². The highest BCUT2D eigenvalue weighted by Crippen LogP contribution is 2.13. The van der Waals surface area contributed by atoms with E-state index in [-0.39, 0.29) is 6.54 Å². The molecule has 1 aromatic heterocycles. The first-order valence-electron chi connectivity index (χ1n) is 3.97. The maximum Gasteiger partial charge on any atom is 0.108 e. The molecule has 1 atom stereocenters. The van der Waals surface area contributed by atoms with E-state index in [0.717, 1.165) is 11.3 Å². The first kappa shape index (κ1) is 9.16. The van der Waals surface area contributed by atoms with Crippen molar-refractivity contribution < 1.29 is 5.11 Å². The number of nitrogens with zero attached hydrogens (tertiary/aromatic N) is 1. The quantitative estimate of drug-likeness (QED) is 0.679. The number of aryl methyl sites for hydroxylation is 2. The fourth-order valence-corrected chi connectivity index (χ4v) is 1.10. The fraction of sp³-hybridized carbons (Fsp3) is 0.444. The molecule has 3 heteroatoms. The largest absolute Gasteiger partial charge is 0.385 e. The first-order chi connectivity index (χ1) is 5.65. The molecule has 12 heavy (non-hydrogen) atoms. The average Bonchev–Trinajstić information content (AvgIpc) is 2.08. The van der Waals surface area contributed by atoms with Crippen molar-refractivity contribution in [1.29, 1.82) is 0 Å². The lowest BCUT2D eigenvalue weighted by Crippen LogP contribution is -2.14. The molecule has 0 amide bonds. The summed E-state index contributed by atoms with van der Waals surface area (Å²) in [7, 11) is 0. The van der Waals surface area contributed by atoms with Crippen molar-refractivity contribution in [2.24, 2.45) is 5.73 Å².